The molecule has 0 saturated heterocycles. The number of fused-ring (bicyclic) bond motifs is 1. The van der Waals surface area contributed by atoms with Crippen LogP contribution >= 0.6 is 0 Å². The summed E-state index contributed by atoms with van der Waals surface area (Å²) in [6, 6.07) is 1.40. The van der Waals surface area contributed by atoms with Gasteiger partial charge in [-0.1, -0.05) is 12.8 Å². The number of phenols is 1. The van der Waals surface area contributed by atoms with Gasteiger partial charge in [-0.2, -0.15) is 4.98 Å². The summed E-state index contributed by atoms with van der Waals surface area (Å²) in [7, 11) is 0. The predicted molar refractivity (Wildman–Crippen MR) is 102 cm³/mol. The van der Waals surface area contributed by atoms with E-state index in [2.05, 4.69) is 21.2 Å². The molecule has 1 aliphatic heterocycles. The summed E-state index contributed by atoms with van der Waals surface area (Å²) in [4.78, 5) is 24.5. The lowest BCUT2D eigenvalue weighted by Gasteiger charge is -2.39. The topological polar surface area (TPSA) is 81.6 Å². The van der Waals surface area contributed by atoms with E-state index < -0.39 is 23.4 Å². The van der Waals surface area contributed by atoms with Crippen molar-refractivity contribution >= 4 is 29.0 Å². The van der Waals surface area contributed by atoms with Gasteiger partial charge in [0.05, 0.1) is 12.7 Å². The van der Waals surface area contributed by atoms with E-state index in [4.69, 9.17) is 6.42 Å². The fraction of sp³-hybridized carbons (Fsp3) is 0.316. The fourth-order valence-corrected chi connectivity index (χ4v) is 3.05. The van der Waals surface area contributed by atoms with Crippen LogP contribution in [0.15, 0.2) is 18.3 Å². The van der Waals surface area contributed by atoms with Crippen molar-refractivity contribution in [2.75, 3.05) is 28.2 Å². The Morgan fingerprint density at radius 1 is 1.36 bits per heavy atom. The van der Waals surface area contributed by atoms with Crippen LogP contribution in [0, 0.1) is 24.0 Å². The summed E-state index contributed by atoms with van der Waals surface area (Å²) in [5.74, 6) is -0.361. The molecule has 0 aliphatic carbocycles. The second-order valence-corrected chi connectivity index (χ2v) is 6.31. The van der Waals surface area contributed by atoms with Gasteiger partial charge in [-0.05, 0) is 13.3 Å². The number of carbonyl (C=O) groups excluding carboxylic acids is 1. The smallest absolute Gasteiger partial charge is 0.250 e. The fourth-order valence-electron chi connectivity index (χ4n) is 3.05. The normalized spacial score (nSPS) is 16.0. The minimum atomic E-state index is -1.10. The summed E-state index contributed by atoms with van der Waals surface area (Å²) >= 11 is 0. The Bertz CT molecular complexity index is 937. The van der Waals surface area contributed by atoms with E-state index in [-0.39, 0.29) is 24.1 Å². The lowest BCUT2D eigenvalue weighted by molar-refractivity contribution is -0.119. The van der Waals surface area contributed by atoms with Gasteiger partial charge in [0, 0.05) is 24.4 Å². The highest BCUT2D eigenvalue weighted by Crippen LogP contribution is 2.35. The molecule has 1 atom stereocenters. The summed E-state index contributed by atoms with van der Waals surface area (Å²) < 4.78 is 27.1. The van der Waals surface area contributed by atoms with Gasteiger partial charge in [-0.3, -0.25) is 9.69 Å². The first-order valence-corrected chi connectivity index (χ1v) is 8.70. The quantitative estimate of drug-likeness (QED) is 0.607. The average Bonchev–Trinajstić information content (AvgIpc) is 2.66. The first-order chi connectivity index (χ1) is 13.4. The third-order valence-corrected chi connectivity index (χ3v) is 4.39. The van der Waals surface area contributed by atoms with Crippen LogP contribution in [-0.2, 0) is 4.79 Å². The minimum absolute atomic E-state index is 0.0372. The van der Waals surface area contributed by atoms with Gasteiger partial charge in [0.15, 0.2) is 23.2 Å². The molecule has 7 nitrogen and oxygen atoms in total. The standard InChI is InChI=1S/C19H19F2N5O2/c1-4-6-25-11(3)18(28)26(7-5-2)15-10-22-19(24-17(15)25)23-12-8-13(20)16(27)14(21)9-12/h2,8-11,27H,4,6-7H2,1,3H3,(H,22,23,24)/t11-/m1/s1. The monoisotopic (exact) mass is 387 g/mol. The van der Waals surface area contributed by atoms with Gasteiger partial charge in [0.2, 0.25) is 11.9 Å². The Morgan fingerprint density at radius 3 is 2.64 bits per heavy atom. The maximum atomic E-state index is 13.6. The molecular formula is C19H19F2N5O2. The highest BCUT2D eigenvalue weighted by atomic mass is 19.1. The van der Waals surface area contributed by atoms with E-state index in [0.717, 1.165) is 18.6 Å². The number of terminal acetylenes is 1. The first-order valence-electron chi connectivity index (χ1n) is 8.70. The van der Waals surface area contributed by atoms with Crippen molar-refractivity contribution in [2.24, 2.45) is 0 Å². The number of aromatic hydroxyl groups is 1. The summed E-state index contributed by atoms with van der Waals surface area (Å²) in [6.07, 6.45) is 7.62. The molecule has 2 N–H and O–H groups in total. The van der Waals surface area contributed by atoms with Crippen molar-refractivity contribution in [1.82, 2.24) is 9.97 Å². The molecule has 28 heavy (non-hydrogen) atoms. The van der Waals surface area contributed by atoms with Crippen LogP contribution in [0.3, 0.4) is 0 Å². The van der Waals surface area contributed by atoms with Crippen LogP contribution in [0.2, 0.25) is 0 Å². The third-order valence-electron chi connectivity index (χ3n) is 4.39. The Kier molecular flexibility index (Phi) is 5.31. The molecule has 146 valence electrons. The third kappa shape index (κ3) is 3.41. The number of phenolic OH excluding ortho intramolecular Hbond substituents is 1. The van der Waals surface area contributed by atoms with Crippen molar-refractivity contribution in [3.05, 3.63) is 30.0 Å². The molecule has 0 bridgehead atoms. The molecule has 1 amide bonds. The Balaban J connectivity index is 2.01. The van der Waals surface area contributed by atoms with Gasteiger partial charge in [-0.25, -0.2) is 13.8 Å². The molecule has 1 aromatic heterocycles. The summed E-state index contributed by atoms with van der Waals surface area (Å²) in [5.41, 5.74) is 0.512. The number of nitrogens with zero attached hydrogens (tertiary/aromatic N) is 4. The lowest BCUT2D eigenvalue weighted by atomic mass is 10.1. The van der Waals surface area contributed by atoms with Crippen molar-refractivity contribution in [3.8, 4) is 18.1 Å². The molecule has 3 rings (SSSR count). The molecule has 1 aromatic carbocycles. The maximum Gasteiger partial charge on any atom is 0.250 e. The van der Waals surface area contributed by atoms with E-state index in [0.29, 0.717) is 18.1 Å². The number of halogens is 2. The largest absolute Gasteiger partial charge is 0.503 e. The zero-order valence-corrected chi connectivity index (χ0v) is 15.4. The van der Waals surface area contributed by atoms with E-state index in [1.165, 1.54) is 11.1 Å². The Labute approximate surface area is 161 Å². The van der Waals surface area contributed by atoms with Crippen LogP contribution in [0.4, 0.5) is 31.9 Å². The number of amides is 1. The van der Waals surface area contributed by atoms with Gasteiger partial charge >= 0.3 is 0 Å². The number of nitrogens with one attached hydrogen (secondary N) is 1. The van der Waals surface area contributed by atoms with Crippen LogP contribution in [0.1, 0.15) is 20.3 Å². The molecule has 2 heterocycles. The molecule has 1 aliphatic rings. The predicted octanol–water partition coefficient (Wildman–Crippen LogP) is 2.79. The van der Waals surface area contributed by atoms with Crippen molar-refractivity contribution in [1.29, 1.82) is 0 Å². The Morgan fingerprint density at radius 2 is 2.04 bits per heavy atom. The molecule has 2 aromatic rings. The van der Waals surface area contributed by atoms with Crippen molar-refractivity contribution in [2.45, 2.75) is 26.3 Å². The molecule has 9 heteroatoms. The molecule has 0 unspecified atom stereocenters. The maximum absolute atomic E-state index is 13.6. The molecule has 0 radical (unpaired) electrons. The zero-order valence-electron chi connectivity index (χ0n) is 15.4. The second-order valence-electron chi connectivity index (χ2n) is 6.31. The van der Waals surface area contributed by atoms with E-state index in [1.807, 2.05) is 11.8 Å². The van der Waals surface area contributed by atoms with Crippen LogP contribution < -0.4 is 15.1 Å². The SMILES string of the molecule is C#CCN1C(=O)[C@@H](C)N(CCC)c2nc(Nc3cc(F)c(O)c(F)c3)ncc21. The number of hydrogen-bond donors (Lipinski definition) is 2. The lowest BCUT2D eigenvalue weighted by Crippen LogP contribution is -2.53. The Hall–Kier alpha value is -3.41. The van der Waals surface area contributed by atoms with Gasteiger partial charge in [0.1, 0.15) is 11.7 Å². The molecular weight excluding hydrogens is 368 g/mol. The zero-order chi connectivity index (χ0) is 20.4. The van der Waals surface area contributed by atoms with Gasteiger partial charge in [0.25, 0.3) is 0 Å². The number of carbonyl (C=O) groups is 1. The van der Waals surface area contributed by atoms with E-state index >= 15 is 0 Å². The minimum Gasteiger partial charge on any atom is -0.503 e. The van der Waals surface area contributed by atoms with Crippen molar-refractivity contribution < 1.29 is 18.7 Å². The second kappa shape index (κ2) is 7.68. The highest BCUT2D eigenvalue weighted by Gasteiger charge is 2.36. The van der Waals surface area contributed by atoms with Crippen molar-refractivity contribution in [3.63, 3.8) is 0 Å². The summed E-state index contributed by atoms with van der Waals surface area (Å²) in [6.45, 7) is 4.42. The first kappa shape index (κ1) is 19.4. The van der Waals surface area contributed by atoms with E-state index in [1.54, 1.807) is 6.92 Å². The van der Waals surface area contributed by atoms with Crippen LogP contribution in [-0.4, -0.2) is 40.1 Å². The van der Waals surface area contributed by atoms with Crippen LogP contribution in [0.5, 0.6) is 5.75 Å². The number of rotatable bonds is 5. The van der Waals surface area contributed by atoms with Gasteiger partial charge in [-0.15, -0.1) is 6.42 Å². The molecule has 0 spiro atoms. The molecule has 0 fully saturated rings. The number of aromatic nitrogens is 2. The number of anilines is 4. The van der Waals surface area contributed by atoms with Gasteiger partial charge < -0.3 is 15.3 Å². The highest BCUT2D eigenvalue weighted by molar-refractivity contribution is 6.04. The molecule has 0 saturated carbocycles. The number of benzene rings is 1. The average molecular weight is 387 g/mol. The summed E-state index contributed by atoms with van der Waals surface area (Å²) in [5, 5.41) is 11.9. The van der Waals surface area contributed by atoms with E-state index in [9.17, 15) is 18.7 Å². The number of hydrogen-bond acceptors (Lipinski definition) is 6. The van der Waals surface area contributed by atoms with Crippen LogP contribution in [0.25, 0.3) is 0 Å².